The van der Waals surface area contributed by atoms with Gasteiger partial charge in [0.1, 0.15) is 5.75 Å². The molecule has 9 heteroatoms. The van der Waals surface area contributed by atoms with Crippen molar-refractivity contribution in [3.63, 3.8) is 0 Å². The van der Waals surface area contributed by atoms with Crippen molar-refractivity contribution in [3.8, 4) is 17.1 Å². The third-order valence-corrected chi connectivity index (χ3v) is 4.52. The van der Waals surface area contributed by atoms with Gasteiger partial charge in [-0.3, -0.25) is 14.7 Å². The average molecular weight is 376 g/mol. The van der Waals surface area contributed by atoms with E-state index in [0.717, 1.165) is 11.3 Å². The summed E-state index contributed by atoms with van der Waals surface area (Å²) in [7, 11) is 2.80. The zero-order chi connectivity index (χ0) is 19.1. The van der Waals surface area contributed by atoms with Crippen LogP contribution in [0, 0.1) is 0 Å². The Morgan fingerprint density at radius 3 is 2.58 bits per heavy atom. The number of nitrogens with one attached hydrogen (secondary N) is 1. The fraction of sp³-hybridized carbons (Fsp3) is 0.294. The summed E-state index contributed by atoms with van der Waals surface area (Å²) in [5.41, 5.74) is 0.860. The molecule has 2 amide bonds. The van der Waals surface area contributed by atoms with E-state index in [4.69, 9.17) is 4.74 Å². The third-order valence-electron chi connectivity index (χ3n) is 3.44. The number of aromatic nitrogens is 3. The molecule has 0 saturated heterocycles. The smallest absolute Gasteiger partial charge is 0.413 e. The largest absolute Gasteiger partial charge is 0.497 e. The zero-order valence-corrected chi connectivity index (χ0v) is 15.6. The molecular formula is C17H20N4O4S. The second-order valence-corrected chi connectivity index (χ2v) is 6.48. The van der Waals surface area contributed by atoms with Gasteiger partial charge in [0.25, 0.3) is 0 Å². The normalized spacial score (nSPS) is 11.5. The number of amides is 2. The Labute approximate surface area is 155 Å². The van der Waals surface area contributed by atoms with Gasteiger partial charge in [0.2, 0.25) is 5.91 Å². The first kappa shape index (κ1) is 19.5. The van der Waals surface area contributed by atoms with Crippen molar-refractivity contribution in [1.82, 2.24) is 20.1 Å². The molecule has 0 fully saturated rings. The van der Waals surface area contributed by atoms with Crippen LogP contribution in [0.2, 0.25) is 0 Å². The maximum atomic E-state index is 12.0. The highest BCUT2D eigenvalue weighted by Gasteiger charge is 2.22. The quantitative estimate of drug-likeness (QED) is 0.586. The monoisotopic (exact) mass is 376 g/mol. The summed E-state index contributed by atoms with van der Waals surface area (Å²) >= 11 is 1.19. The molecule has 0 bridgehead atoms. The number of hydrogen-bond acceptors (Lipinski definition) is 7. The van der Waals surface area contributed by atoms with Gasteiger partial charge in [-0.1, -0.05) is 17.8 Å². The topological polar surface area (TPSA) is 95.3 Å². The van der Waals surface area contributed by atoms with Crippen LogP contribution in [0.5, 0.6) is 5.75 Å². The van der Waals surface area contributed by atoms with Crippen molar-refractivity contribution in [3.05, 3.63) is 36.9 Å². The van der Waals surface area contributed by atoms with E-state index in [2.05, 4.69) is 26.8 Å². The maximum Gasteiger partial charge on any atom is 0.413 e. The second-order valence-electron chi connectivity index (χ2n) is 5.17. The van der Waals surface area contributed by atoms with E-state index in [0.29, 0.717) is 17.5 Å². The summed E-state index contributed by atoms with van der Waals surface area (Å²) in [6.45, 7) is 5.90. The van der Waals surface area contributed by atoms with Crippen LogP contribution in [0.1, 0.15) is 6.92 Å². The minimum Gasteiger partial charge on any atom is -0.497 e. The minimum absolute atomic E-state index is 0.471. The molecule has 2 rings (SSSR count). The van der Waals surface area contributed by atoms with E-state index in [9.17, 15) is 9.59 Å². The molecule has 138 valence electrons. The van der Waals surface area contributed by atoms with E-state index in [1.54, 1.807) is 20.1 Å². The Kier molecular flexibility index (Phi) is 6.79. The van der Waals surface area contributed by atoms with Crippen molar-refractivity contribution in [1.29, 1.82) is 0 Å². The Hall–Kier alpha value is -2.81. The molecule has 0 aliphatic heterocycles. The van der Waals surface area contributed by atoms with Crippen LogP contribution in [-0.2, 0) is 16.1 Å². The maximum absolute atomic E-state index is 12.0. The van der Waals surface area contributed by atoms with Gasteiger partial charge >= 0.3 is 6.09 Å². The fourth-order valence-electron chi connectivity index (χ4n) is 2.09. The van der Waals surface area contributed by atoms with Crippen molar-refractivity contribution in [2.24, 2.45) is 0 Å². The van der Waals surface area contributed by atoms with Gasteiger partial charge in [-0.05, 0) is 31.2 Å². The van der Waals surface area contributed by atoms with Crippen molar-refractivity contribution in [2.45, 2.75) is 23.9 Å². The number of nitrogens with zero attached hydrogens (tertiary/aromatic N) is 3. The molecule has 1 atom stereocenters. The Bertz CT molecular complexity index is 789. The molecule has 1 aromatic heterocycles. The highest BCUT2D eigenvalue weighted by Crippen LogP contribution is 2.28. The third kappa shape index (κ3) is 4.63. The van der Waals surface area contributed by atoms with Crippen molar-refractivity contribution < 1.29 is 19.1 Å². The summed E-state index contributed by atoms with van der Waals surface area (Å²) in [5.74, 6) is 0.919. The van der Waals surface area contributed by atoms with Gasteiger partial charge < -0.3 is 9.47 Å². The molecule has 2 aromatic rings. The summed E-state index contributed by atoms with van der Waals surface area (Å²) in [6, 6.07) is 7.43. The summed E-state index contributed by atoms with van der Waals surface area (Å²) in [5, 5.41) is 10.5. The van der Waals surface area contributed by atoms with Crippen LogP contribution < -0.4 is 10.1 Å². The van der Waals surface area contributed by atoms with Crippen LogP contribution in [0.15, 0.2) is 42.1 Å². The lowest BCUT2D eigenvalue weighted by atomic mass is 10.2. The van der Waals surface area contributed by atoms with Crippen LogP contribution in [0.4, 0.5) is 4.79 Å². The fourth-order valence-corrected chi connectivity index (χ4v) is 2.95. The predicted octanol–water partition coefficient (Wildman–Crippen LogP) is 2.50. The van der Waals surface area contributed by atoms with E-state index in [1.165, 1.54) is 18.9 Å². The molecule has 0 saturated carbocycles. The first-order chi connectivity index (χ1) is 12.5. The summed E-state index contributed by atoms with van der Waals surface area (Å²) in [6.07, 6.45) is 0.925. The minimum atomic E-state index is -0.797. The lowest BCUT2D eigenvalue weighted by molar-refractivity contribution is -0.119. The Morgan fingerprint density at radius 2 is 2.00 bits per heavy atom. The highest BCUT2D eigenvalue weighted by atomic mass is 32.2. The van der Waals surface area contributed by atoms with Gasteiger partial charge in [-0.15, -0.1) is 16.8 Å². The molecule has 0 aliphatic rings. The lowest BCUT2D eigenvalue weighted by Gasteiger charge is -2.12. The van der Waals surface area contributed by atoms with Gasteiger partial charge in [-0.25, -0.2) is 4.79 Å². The molecule has 0 spiro atoms. The number of hydrogen-bond donors (Lipinski definition) is 1. The number of carbonyl (C=O) groups excluding carboxylic acids is 2. The highest BCUT2D eigenvalue weighted by molar-refractivity contribution is 8.00. The predicted molar refractivity (Wildman–Crippen MR) is 98.1 cm³/mol. The molecule has 1 heterocycles. The van der Waals surface area contributed by atoms with Crippen LogP contribution in [0.3, 0.4) is 0 Å². The molecular weight excluding hydrogens is 356 g/mol. The number of carbonyl (C=O) groups is 2. The number of alkyl carbamates (subject to hydrolysis) is 1. The molecule has 1 N–H and O–H groups in total. The zero-order valence-electron chi connectivity index (χ0n) is 14.8. The van der Waals surface area contributed by atoms with E-state index in [-0.39, 0.29) is 0 Å². The first-order valence-corrected chi connectivity index (χ1v) is 8.62. The summed E-state index contributed by atoms with van der Waals surface area (Å²) < 4.78 is 11.4. The van der Waals surface area contributed by atoms with E-state index < -0.39 is 17.3 Å². The number of thioether (sulfide) groups is 1. The lowest BCUT2D eigenvalue weighted by Crippen LogP contribution is -2.36. The molecule has 0 aliphatic carbocycles. The SMILES string of the molecule is C=CCn1c(S[C@H](C)C(=O)NC(=O)OC)nnc1-c1ccc(OC)cc1. The Morgan fingerprint density at radius 1 is 1.31 bits per heavy atom. The van der Waals surface area contributed by atoms with Crippen LogP contribution in [-0.4, -0.2) is 46.2 Å². The van der Waals surface area contributed by atoms with E-state index >= 15 is 0 Å². The van der Waals surface area contributed by atoms with Gasteiger partial charge in [-0.2, -0.15) is 0 Å². The number of methoxy groups -OCH3 is 2. The standard InChI is InChI=1S/C17H20N4O4S/c1-5-10-21-14(12-6-8-13(24-3)9-7-12)19-20-16(21)26-11(2)15(22)18-17(23)25-4/h5-9,11H,1,10H2,2-4H3,(H,18,22,23)/t11-/m1/s1. The van der Waals surface area contributed by atoms with Gasteiger partial charge in [0.05, 0.1) is 19.5 Å². The number of rotatable bonds is 7. The number of ether oxygens (including phenoxy) is 2. The van der Waals surface area contributed by atoms with Gasteiger partial charge in [0, 0.05) is 12.1 Å². The Balaban J connectivity index is 2.23. The molecule has 26 heavy (non-hydrogen) atoms. The van der Waals surface area contributed by atoms with Crippen LogP contribution in [0.25, 0.3) is 11.4 Å². The average Bonchev–Trinajstić information content (AvgIpc) is 3.04. The summed E-state index contributed by atoms with van der Waals surface area (Å²) in [4.78, 5) is 23.2. The van der Waals surface area contributed by atoms with Gasteiger partial charge in [0.15, 0.2) is 11.0 Å². The molecule has 0 unspecified atom stereocenters. The first-order valence-electron chi connectivity index (χ1n) is 7.74. The van der Waals surface area contributed by atoms with Crippen LogP contribution >= 0.6 is 11.8 Å². The molecule has 1 aromatic carbocycles. The van der Waals surface area contributed by atoms with E-state index in [1.807, 2.05) is 28.8 Å². The molecule has 8 nitrogen and oxygen atoms in total. The second kappa shape index (κ2) is 9.04. The number of allylic oxidation sites excluding steroid dienone is 1. The molecule has 0 radical (unpaired) electrons. The number of benzene rings is 1. The van der Waals surface area contributed by atoms with Crippen molar-refractivity contribution >= 4 is 23.8 Å². The van der Waals surface area contributed by atoms with Crippen molar-refractivity contribution in [2.75, 3.05) is 14.2 Å². The number of imide groups is 1.